The zero-order valence-electron chi connectivity index (χ0n) is 46.8. The van der Waals surface area contributed by atoms with Crippen LogP contribution < -0.4 is 5.32 Å². The van der Waals surface area contributed by atoms with Crippen molar-refractivity contribution in [2.24, 2.45) is 0 Å². The Morgan fingerprint density at radius 3 is 1.03 bits per heavy atom. The summed E-state index contributed by atoms with van der Waals surface area (Å²) >= 11 is 0. The molecule has 3 N–H and O–H groups in total. The number of aliphatic hydroxyl groups excluding tert-OH is 2. The lowest BCUT2D eigenvalue weighted by Gasteiger charge is -2.22. The first-order valence-corrected chi connectivity index (χ1v) is 31.4. The van der Waals surface area contributed by atoms with Gasteiger partial charge >= 0.3 is 5.97 Å². The van der Waals surface area contributed by atoms with Gasteiger partial charge in [-0.1, -0.05) is 302 Å². The number of amides is 1. The van der Waals surface area contributed by atoms with Crippen molar-refractivity contribution < 1.29 is 24.5 Å². The summed E-state index contributed by atoms with van der Waals surface area (Å²) in [5, 5.41) is 23.3. The maximum absolute atomic E-state index is 12.5. The van der Waals surface area contributed by atoms with E-state index in [2.05, 4.69) is 31.3 Å². The normalized spacial score (nSPS) is 12.6. The van der Waals surface area contributed by atoms with E-state index in [1.165, 1.54) is 283 Å². The Morgan fingerprint density at radius 2 is 0.681 bits per heavy atom. The number of rotatable bonds is 59. The average Bonchev–Trinajstić information content (AvgIpc) is 3.35. The number of ether oxygens (including phenoxy) is 1. The lowest BCUT2D eigenvalue weighted by Crippen LogP contribution is -2.45. The third-order valence-electron chi connectivity index (χ3n) is 14.8. The first-order valence-electron chi connectivity index (χ1n) is 31.4. The zero-order chi connectivity index (χ0) is 50.0. The molecule has 6 heteroatoms. The Kier molecular flexibility index (Phi) is 58.0. The van der Waals surface area contributed by atoms with Crippen LogP contribution in [0.5, 0.6) is 0 Å². The third kappa shape index (κ3) is 55.8. The molecule has 0 bridgehead atoms. The third-order valence-corrected chi connectivity index (χ3v) is 14.8. The minimum Gasteiger partial charge on any atom is -0.466 e. The number of esters is 1. The Bertz CT molecular complexity index is 1030. The molecule has 2 atom stereocenters. The van der Waals surface area contributed by atoms with Gasteiger partial charge in [0.15, 0.2) is 0 Å². The van der Waals surface area contributed by atoms with Gasteiger partial charge in [0.05, 0.1) is 25.4 Å². The fourth-order valence-electron chi connectivity index (χ4n) is 9.99. The van der Waals surface area contributed by atoms with Crippen LogP contribution in [0.2, 0.25) is 0 Å². The van der Waals surface area contributed by atoms with Crippen LogP contribution in [0.3, 0.4) is 0 Å². The number of allylic oxidation sites excluding steroid dienone is 2. The van der Waals surface area contributed by atoms with Crippen molar-refractivity contribution in [1.82, 2.24) is 5.32 Å². The summed E-state index contributed by atoms with van der Waals surface area (Å²) in [6, 6.07) is -0.545. The molecule has 0 radical (unpaired) electrons. The van der Waals surface area contributed by atoms with Crippen molar-refractivity contribution in [3.63, 3.8) is 0 Å². The van der Waals surface area contributed by atoms with Gasteiger partial charge in [0.2, 0.25) is 5.91 Å². The summed E-state index contributed by atoms with van der Waals surface area (Å²) in [6.45, 7) is 4.98. The predicted molar refractivity (Wildman–Crippen MR) is 301 cm³/mol. The number of unbranched alkanes of at least 4 members (excludes halogenated alkanes) is 46. The first kappa shape index (κ1) is 67.6. The molecule has 0 heterocycles. The molecule has 0 aliphatic rings. The van der Waals surface area contributed by atoms with E-state index < -0.39 is 12.1 Å². The molecule has 0 rings (SSSR count). The number of nitrogens with one attached hydrogen (secondary N) is 1. The lowest BCUT2D eigenvalue weighted by molar-refractivity contribution is -0.143. The fraction of sp³-hybridized carbons (Fsp3) is 0.937. The van der Waals surface area contributed by atoms with Gasteiger partial charge in [0, 0.05) is 12.8 Å². The molecule has 0 spiro atoms. The molecule has 0 aromatic carbocycles. The smallest absolute Gasteiger partial charge is 0.305 e. The van der Waals surface area contributed by atoms with Gasteiger partial charge in [0.25, 0.3) is 0 Å². The maximum atomic E-state index is 12.5. The SMILES string of the molecule is CCCCCCCCCCCCCCCCCCCC(O)C(CO)NC(=O)CCCCCCCCC/C=C\CCCCCCCCCCCCCCOC(=O)CCCCCCCCCCCCCC. The van der Waals surface area contributed by atoms with E-state index in [9.17, 15) is 19.8 Å². The minimum absolute atomic E-state index is 0.0129. The second-order valence-corrected chi connectivity index (χ2v) is 21.7. The first-order chi connectivity index (χ1) is 34.0. The maximum Gasteiger partial charge on any atom is 0.305 e. The highest BCUT2D eigenvalue weighted by Crippen LogP contribution is 2.18. The monoisotopic (exact) mass is 974 g/mol. The number of hydrogen-bond acceptors (Lipinski definition) is 5. The van der Waals surface area contributed by atoms with Gasteiger partial charge in [0.1, 0.15) is 0 Å². The van der Waals surface area contributed by atoms with E-state index in [0.717, 1.165) is 38.5 Å². The topological polar surface area (TPSA) is 95.9 Å². The Morgan fingerprint density at radius 1 is 0.391 bits per heavy atom. The molecule has 0 aliphatic carbocycles. The van der Waals surface area contributed by atoms with Gasteiger partial charge in [-0.2, -0.15) is 0 Å². The number of hydrogen-bond donors (Lipinski definition) is 3. The highest BCUT2D eigenvalue weighted by atomic mass is 16.5. The molecule has 0 fully saturated rings. The van der Waals surface area contributed by atoms with Gasteiger partial charge in [-0.05, 0) is 51.4 Å². The summed E-state index contributed by atoms with van der Waals surface area (Å²) in [5.41, 5.74) is 0. The summed E-state index contributed by atoms with van der Waals surface area (Å²) in [5.74, 6) is -0.0253. The fourth-order valence-corrected chi connectivity index (χ4v) is 9.99. The molecule has 2 unspecified atom stereocenters. The van der Waals surface area contributed by atoms with Crippen molar-refractivity contribution in [3.8, 4) is 0 Å². The zero-order valence-corrected chi connectivity index (χ0v) is 46.8. The summed E-state index contributed by atoms with van der Waals surface area (Å²) < 4.78 is 5.47. The van der Waals surface area contributed by atoms with Crippen LogP contribution >= 0.6 is 0 Å². The molecule has 0 aliphatic heterocycles. The van der Waals surface area contributed by atoms with E-state index in [-0.39, 0.29) is 18.5 Å². The van der Waals surface area contributed by atoms with E-state index in [1.807, 2.05) is 0 Å². The van der Waals surface area contributed by atoms with Crippen molar-refractivity contribution in [2.45, 2.75) is 366 Å². The highest BCUT2D eigenvalue weighted by Gasteiger charge is 2.20. The van der Waals surface area contributed by atoms with Crippen LogP contribution in [0.25, 0.3) is 0 Å². The molecule has 6 nitrogen and oxygen atoms in total. The Labute approximate surface area is 431 Å². The van der Waals surface area contributed by atoms with Crippen LogP contribution in [-0.4, -0.2) is 47.4 Å². The molecule has 0 saturated carbocycles. The number of carbonyl (C=O) groups excluding carboxylic acids is 2. The molecule has 0 aromatic heterocycles. The van der Waals surface area contributed by atoms with Crippen molar-refractivity contribution in [1.29, 1.82) is 0 Å². The summed E-state index contributed by atoms with van der Waals surface area (Å²) in [7, 11) is 0. The number of carbonyl (C=O) groups is 2. The van der Waals surface area contributed by atoms with Crippen LogP contribution in [0.4, 0.5) is 0 Å². The van der Waals surface area contributed by atoms with E-state index >= 15 is 0 Å². The second kappa shape index (κ2) is 59.2. The van der Waals surface area contributed by atoms with Gasteiger partial charge in [-0.25, -0.2) is 0 Å². The molecule has 0 saturated heterocycles. The van der Waals surface area contributed by atoms with Crippen LogP contribution in [0, 0.1) is 0 Å². The van der Waals surface area contributed by atoms with Gasteiger partial charge < -0.3 is 20.3 Å². The minimum atomic E-state index is -0.667. The lowest BCUT2D eigenvalue weighted by atomic mass is 10.0. The second-order valence-electron chi connectivity index (χ2n) is 21.7. The highest BCUT2D eigenvalue weighted by molar-refractivity contribution is 5.76. The van der Waals surface area contributed by atoms with Gasteiger partial charge in [-0.3, -0.25) is 9.59 Å². The van der Waals surface area contributed by atoms with E-state index in [4.69, 9.17) is 4.74 Å². The van der Waals surface area contributed by atoms with E-state index in [1.54, 1.807) is 0 Å². The van der Waals surface area contributed by atoms with Crippen molar-refractivity contribution in [2.75, 3.05) is 13.2 Å². The molecule has 0 aromatic rings. The predicted octanol–water partition coefficient (Wildman–Crippen LogP) is 19.6. The molecule has 69 heavy (non-hydrogen) atoms. The van der Waals surface area contributed by atoms with Crippen molar-refractivity contribution in [3.05, 3.63) is 12.2 Å². The van der Waals surface area contributed by atoms with Crippen LogP contribution in [0.1, 0.15) is 354 Å². The average molecular weight is 975 g/mol. The molecular weight excluding hydrogens is 851 g/mol. The summed E-state index contributed by atoms with van der Waals surface area (Å²) in [4.78, 5) is 24.5. The van der Waals surface area contributed by atoms with Gasteiger partial charge in [-0.15, -0.1) is 0 Å². The molecular formula is C63H123NO5. The van der Waals surface area contributed by atoms with Crippen LogP contribution in [0.15, 0.2) is 12.2 Å². The molecule has 1 amide bonds. The Balaban J connectivity index is 3.40. The standard InChI is InChI=1S/C63H123NO5/c1-3-5-7-9-11-13-15-17-18-26-29-32-35-39-43-47-51-55-61(66)60(59-65)64-62(67)56-52-48-44-40-36-33-30-27-24-22-20-19-21-23-25-28-31-34-38-42-46-50-54-58-69-63(68)57-53-49-45-41-37-16-14-12-10-8-6-4-2/h22,24,60-61,65-66H,3-21,23,25-59H2,1-2H3,(H,64,67)/b24-22-. The Hall–Kier alpha value is -1.40. The van der Waals surface area contributed by atoms with Crippen LogP contribution in [-0.2, 0) is 14.3 Å². The quantitative estimate of drug-likeness (QED) is 0.0321. The molecule has 410 valence electrons. The largest absolute Gasteiger partial charge is 0.466 e. The number of aliphatic hydroxyl groups is 2. The summed E-state index contributed by atoms with van der Waals surface area (Å²) in [6.07, 6.45) is 70.8. The van der Waals surface area contributed by atoms with E-state index in [0.29, 0.717) is 25.9 Å². The van der Waals surface area contributed by atoms with Crippen molar-refractivity contribution >= 4 is 11.9 Å².